The van der Waals surface area contributed by atoms with Gasteiger partial charge in [0.25, 0.3) is 16.7 Å². The maximum Gasteiger partial charge on any atom is 0.490 e. The molecule has 0 aliphatic carbocycles. The molecule has 0 bridgehead atoms. The van der Waals surface area contributed by atoms with Gasteiger partial charge in [-0.25, -0.2) is 4.79 Å². The lowest BCUT2D eigenvalue weighted by Gasteiger charge is -2.35. The minimum atomic E-state index is -5.08. The van der Waals surface area contributed by atoms with Crippen molar-refractivity contribution >= 4 is 23.0 Å². The van der Waals surface area contributed by atoms with Crippen LogP contribution in [0.15, 0.2) is 68.6 Å². The number of halogens is 5. The Bertz CT molecular complexity index is 1540. The average molecular weight is 579 g/mol. The van der Waals surface area contributed by atoms with Crippen molar-refractivity contribution in [1.29, 1.82) is 0 Å². The first-order chi connectivity index (χ1) is 19.5. The highest BCUT2D eigenvalue weighted by Gasteiger charge is 2.38. The average Bonchev–Trinajstić information content (AvgIpc) is 3.46. The fraction of sp³-hybridized carbons (Fsp3) is 0.269. The number of rotatable bonds is 7. The maximum absolute atomic E-state index is 12.7. The third-order valence-corrected chi connectivity index (χ3v) is 6.04. The molecule has 216 valence electrons. The molecule has 10 nitrogen and oxygen atoms in total. The quantitative estimate of drug-likeness (QED) is 0.247. The summed E-state index contributed by atoms with van der Waals surface area (Å²) in [6.07, 6.45) is -7.92. The summed E-state index contributed by atoms with van der Waals surface area (Å²) in [7, 11) is 0. The molecule has 1 saturated heterocycles. The number of hydrogen-bond acceptors (Lipinski definition) is 9. The first-order valence-corrected chi connectivity index (χ1v) is 12.1. The molecule has 41 heavy (non-hydrogen) atoms. The van der Waals surface area contributed by atoms with Gasteiger partial charge in [0.05, 0.1) is 0 Å². The van der Waals surface area contributed by atoms with Gasteiger partial charge >= 0.3 is 18.6 Å². The molecule has 1 aliphatic rings. The van der Waals surface area contributed by atoms with Gasteiger partial charge in [-0.1, -0.05) is 30.3 Å². The van der Waals surface area contributed by atoms with E-state index < -0.39 is 35.3 Å². The molecule has 1 fully saturated rings. The lowest BCUT2D eigenvalue weighted by molar-refractivity contribution is -0.192. The van der Waals surface area contributed by atoms with Crippen LogP contribution in [0.5, 0.6) is 0 Å². The first kappa shape index (κ1) is 29.3. The van der Waals surface area contributed by atoms with Crippen molar-refractivity contribution in [3.05, 3.63) is 86.5 Å². The van der Waals surface area contributed by atoms with E-state index in [9.17, 15) is 31.5 Å². The van der Waals surface area contributed by atoms with Gasteiger partial charge in [-0.3, -0.25) is 9.59 Å². The molecule has 1 aliphatic heterocycles. The van der Waals surface area contributed by atoms with Crippen LogP contribution in [0.4, 0.5) is 39.0 Å². The standard InChI is InChI=1S/C24H21F2N5O3.C2HF3O2/c25-22(26)24-29-28-23(34-24)16-8-6-15(7-9-16)14-31(17-4-2-1-3-5-17)19-18(20(32)21(19)33)30-12-10-27-11-13-30;3-2(4,5)1(6)7/h1-9,22,27H,10-14H2;(H,6,7). The number of alkyl halides is 5. The van der Waals surface area contributed by atoms with Crippen molar-refractivity contribution in [1.82, 2.24) is 15.5 Å². The Morgan fingerprint density at radius 3 is 2.15 bits per heavy atom. The number of para-hydroxylation sites is 1. The first-order valence-electron chi connectivity index (χ1n) is 12.1. The van der Waals surface area contributed by atoms with E-state index in [0.717, 1.165) is 24.3 Å². The number of aromatic nitrogens is 2. The van der Waals surface area contributed by atoms with Crippen molar-refractivity contribution in [2.45, 2.75) is 19.1 Å². The van der Waals surface area contributed by atoms with Crippen LogP contribution in [0.1, 0.15) is 17.9 Å². The number of nitrogens with one attached hydrogen (secondary N) is 1. The van der Waals surface area contributed by atoms with Crippen LogP contribution in [0, 0.1) is 0 Å². The number of carbonyl (C=O) groups is 1. The van der Waals surface area contributed by atoms with Crippen LogP contribution in [0.3, 0.4) is 0 Å². The van der Waals surface area contributed by atoms with Gasteiger partial charge in [0.15, 0.2) is 0 Å². The number of piperazine rings is 1. The molecule has 3 aromatic carbocycles. The SMILES string of the molecule is O=C(O)C(F)(F)F.O=c1c(N2CCNCC2)c(N(Cc2ccc(-c3nnc(C(F)F)o3)cc2)c2ccccc2)c1=O. The largest absolute Gasteiger partial charge is 0.490 e. The predicted molar refractivity (Wildman–Crippen MR) is 137 cm³/mol. The van der Waals surface area contributed by atoms with Gasteiger partial charge in [0.2, 0.25) is 5.89 Å². The lowest BCUT2D eigenvalue weighted by Crippen LogP contribution is -2.51. The van der Waals surface area contributed by atoms with E-state index in [1.807, 2.05) is 40.1 Å². The molecule has 2 heterocycles. The Morgan fingerprint density at radius 1 is 1.00 bits per heavy atom. The highest BCUT2D eigenvalue weighted by molar-refractivity contribution is 5.81. The van der Waals surface area contributed by atoms with Crippen molar-refractivity contribution in [2.24, 2.45) is 0 Å². The summed E-state index contributed by atoms with van der Waals surface area (Å²) < 4.78 is 62.2. The molecule has 0 saturated carbocycles. The fourth-order valence-electron chi connectivity index (χ4n) is 4.08. The lowest BCUT2D eigenvalue weighted by atomic mass is 10.1. The predicted octanol–water partition coefficient (Wildman–Crippen LogP) is 3.65. The molecule has 4 aromatic rings. The Balaban J connectivity index is 0.000000493. The van der Waals surface area contributed by atoms with E-state index in [1.165, 1.54) is 0 Å². The molecule has 0 radical (unpaired) electrons. The molecule has 0 spiro atoms. The second-order valence-electron chi connectivity index (χ2n) is 8.76. The molecule has 15 heteroatoms. The van der Waals surface area contributed by atoms with Crippen LogP contribution in [0.2, 0.25) is 0 Å². The number of hydrogen-bond donors (Lipinski definition) is 2. The monoisotopic (exact) mass is 579 g/mol. The Hall–Kier alpha value is -4.66. The van der Waals surface area contributed by atoms with Gasteiger partial charge in [0, 0.05) is 44.0 Å². The Labute approximate surface area is 228 Å². The van der Waals surface area contributed by atoms with Gasteiger partial charge in [-0.15, -0.1) is 10.2 Å². The number of nitrogens with zero attached hydrogens (tertiary/aromatic N) is 4. The topological polar surface area (TPSA) is 129 Å². The second-order valence-corrected chi connectivity index (χ2v) is 8.76. The fourth-order valence-corrected chi connectivity index (χ4v) is 4.08. The minimum absolute atomic E-state index is 0.00485. The summed E-state index contributed by atoms with van der Waals surface area (Å²) >= 11 is 0. The molecule has 5 rings (SSSR count). The molecular formula is C26H22F5N5O5. The van der Waals surface area contributed by atoms with Crippen molar-refractivity contribution in [3.63, 3.8) is 0 Å². The Kier molecular flexibility index (Phi) is 8.76. The number of carboxylic acids is 1. The smallest absolute Gasteiger partial charge is 0.475 e. The minimum Gasteiger partial charge on any atom is -0.475 e. The number of carboxylic acid groups (broad SMARTS) is 1. The zero-order valence-corrected chi connectivity index (χ0v) is 21.1. The van der Waals surface area contributed by atoms with Crippen LogP contribution >= 0.6 is 0 Å². The van der Waals surface area contributed by atoms with Crippen LogP contribution in [-0.2, 0) is 11.3 Å². The maximum atomic E-state index is 12.7. The van der Waals surface area contributed by atoms with Crippen molar-refractivity contribution < 1.29 is 36.3 Å². The highest BCUT2D eigenvalue weighted by Crippen LogP contribution is 2.33. The molecule has 2 N–H and O–H groups in total. The number of benzene rings is 2. The summed E-state index contributed by atoms with van der Waals surface area (Å²) in [6, 6.07) is 16.4. The number of anilines is 3. The third kappa shape index (κ3) is 6.74. The van der Waals surface area contributed by atoms with E-state index in [4.69, 9.17) is 14.3 Å². The molecule has 1 aromatic heterocycles. The van der Waals surface area contributed by atoms with Gasteiger partial charge in [-0.05, 0) is 29.8 Å². The zero-order valence-electron chi connectivity index (χ0n) is 21.1. The van der Waals surface area contributed by atoms with E-state index in [-0.39, 0.29) is 5.89 Å². The second kappa shape index (κ2) is 12.2. The molecule has 0 unspecified atom stereocenters. The van der Waals surface area contributed by atoms with Crippen LogP contribution in [-0.4, -0.2) is 53.6 Å². The molecule has 0 atom stereocenters. The summed E-state index contributed by atoms with van der Waals surface area (Å²) in [5.74, 6) is -3.48. The summed E-state index contributed by atoms with van der Waals surface area (Å²) in [4.78, 5) is 38.0. The third-order valence-electron chi connectivity index (χ3n) is 6.04. The van der Waals surface area contributed by atoms with Crippen LogP contribution < -0.4 is 26.0 Å². The van der Waals surface area contributed by atoms with E-state index >= 15 is 0 Å². The summed E-state index contributed by atoms with van der Waals surface area (Å²) in [6.45, 7) is 3.13. The summed E-state index contributed by atoms with van der Waals surface area (Å²) in [5, 5.41) is 17.4. The summed E-state index contributed by atoms with van der Waals surface area (Å²) in [5.41, 5.74) is 2.02. The van der Waals surface area contributed by atoms with Gasteiger partial charge < -0.3 is 24.6 Å². The van der Waals surface area contributed by atoms with Gasteiger partial charge in [-0.2, -0.15) is 22.0 Å². The molecular weight excluding hydrogens is 557 g/mol. The van der Waals surface area contributed by atoms with E-state index in [1.54, 1.807) is 24.3 Å². The Morgan fingerprint density at radius 2 is 1.61 bits per heavy atom. The highest BCUT2D eigenvalue weighted by atomic mass is 19.4. The number of aliphatic carboxylic acids is 1. The van der Waals surface area contributed by atoms with Crippen molar-refractivity contribution in [3.8, 4) is 11.5 Å². The van der Waals surface area contributed by atoms with E-state index in [0.29, 0.717) is 36.6 Å². The van der Waals surface area contributed by atoms with Crippen LogP contribution in [0.25, 0.3) is 11.5 Å². The van der Waals surface area contributed by atoms with Crippen molar-refractivity contribution in [2.75, 3.05) is 36.0 Å². The van der Waals surface area contributed by atoms with Gasteiger partial charge in [0.1, 0.15) is 11.4 Å². The van der Waals surface area contributed by atoms with E-state index in [2.05, 4.69) is 15.5 Å². The normalized spacial score (nSPS) is 13.7. The molecule has 0 amide bonds. The zero-order chi connectivity index (χ0) is 29.7.